The van der Waals surface area contributed by atoms with Gasteiger partial charge in [-0.1, -0.05) is 40.3 Å². The number of hydrogen-bond donors (Lipinski definition) is 1. The van der Waals surface area contributed by atoms with Gasteiger partial charge in [-0.05, 0) is 43.0 Å². The first-order valence-electron chi connectivity index (χ1n) is 14.4. The van der Waals surface area contributed by atoms with E-state index in [2.05, 4.69) is 26.5 Å². The number of aliphatic imine (C=N–C) groups is 1. The van der Waals surface area contributed by atoms with Crippen LogP contribution in [-0.2, 0) is 9.59 Å². The van der Waals surface area contributed by atoms with Crippen molar-refractivity contribution in [2.24, 2.45) is 4.99 Å². The van der Waals surface area contributed by atoms with Gasteiger partial charge < -0.3 is 15.5 Å². The molecule has 0 bridgehead atoms. The van der Waals surface area contributed by atoms with Crippen molar-refractivity contribution in [1.82, 2.24) is 24.8 Å². The molecule has 1 unspecified atom stereocenters. The number of amidine groups is 1. The third kappa shape index (κ3) is 6.01. The monoisotopic (exact) mass is 604 g/mol. The number of piperazine rings is 1. The normalized spacial score (nSPS) is 15.6. The number of nitrogens with zero attached hydrogens (tertiary/aromatic N) is 7. The fraction of sp³-hybridized carbons (Fsp3) is 0.375. The quantitative estimate of drug-likeness (QED) is 0.126. The molecule has 1 saturated heterocycles. The highest BCUT2D eigenvalue weighted by molar-refractivity contribution is 6.07. The van der Waals surface area contributed by atoms with Crippen molar-refractivity contribution < 1.29 is 18.4 Å². The Morgan fingerprint density at radius 2 is 1.80 bits per heavy atom. The average Bonchev–Trinajstić information content (AvgIpc) is 2.99. The molecule has 3 aromatic rings. The van der Waals surface area contributed by atoms with Crippen LogP contribution in [0.2, 0.25) is 0 Å². The van der Waals surface area contributed by atoms with E-state index in [1.54, 1.807) is 11.9 Å². The van der Waals surface area contributed by atoms with Gasteiger partial charge in [-0.2, -0.15) is 0 Å². The molecule has 3 heterocycles. The Hall–Kier alpha value is -4.74. The summed E-state index contributed by atoms with van der Waals surface area (Å²) in [6, 6.07) is 5.01. The summed E-state index contributed by atoms with van der Waals surface area (Å²) in [6.07, 6.45) is 3.29. The van der Waals surface area contributed by atoms with Crippen molar-refractivity contribution in [3.8, 4) is 11.3 Å². The molecule has 10 nitrogen and oxygen atoms in total. The van der Waals surface area contributed by atoms with Gasteiger partial charge in [0.25, 0.3) is 0 Å². The van der Waals surface area contributed by atoms with Crippen LogP contribution in [0.4, 0.5) is 26.0 Å². The van der Waals surface area contributed by atoms with Gasteiger partial charge in [-0.3, -0.25) is 19.5 Å². The molecule has 12 heteroatoms. The van der Waals surface area contributed by atoms with E-state index in [0.717, 1.165) is 0 Å². The molecule has 1 aliphatic heterocycles. The van der Waals surface area contributed by atoms with Crippen molar-refractivity contribution in [1.29, 1.82) is 0 Å². The molecule has 1 aliphatic rings. The third-order valence-electron chi connectivity index (χ3n) is 7.62. The van der Waals surface area contributed by atoms with Crippen LogP contribution in [-0.4, -0.2) is 75.6 Å². The summed E-state index contributed by atoms with van der Waals surface area (Å²) >= 11 is 0. The van der Waals surface area contributed by atoms with Gasteiger partial charge in [0, 0.05) is 38.4 Å². The Bertz CT molecular complexity index is 1560. The SMILES string of the molecule is C=CC(=O)N1CCN(/C(=N/C)c2cc(F)c(-c3c(N)cccc3F)nc2N(C=O)c2c(C(C)C)ncnc2C(C)C)C(C)C1. The van der Waals surface area contributed by atoms with Crippen molar-refractivity contribution in [2.45, 2.75) is 52.5 Å². The number of aromatic nitrogens is 3. The number of amides is 2. The number of carbonyl (C=O) groups is 2. The standard InChI is InChI=1S/C32H38F2N8O2/c1-8-25(44)40-12-13-41(20(6)15-40)31(36-7)21-14-23(34)29(26-22(33)10-9-11-24(26)35)39-32(21)42(17-43)30-27(18(2)3)37-16-38-28(30)19(4)5/h8-11,14,16-20H,1,12-13,15,35H2,2-7H3/b36-31+. The van der Waals surface area contributed by atoms with Crippen LogP contribution in [0.1, 0.15) is 63.4 Å². The van der Waals surface area contributed by atoms with E-state index in [0.29, 0.717) is 49.0 Å². The first-order chi connectivity index (χ1) is 20.9. The molecule has 2 amide bonds. The van der Waals surface area contributed by atoms with Crippen LogP contribution in [0.25, 0.3) is 11.3 Å². The van der Waals surface area contributed by atoms with Gasteiger partial charge in [0.1, 0.15) is 23.7 Å². The molecule has 0 saturated carbocycles. The van der Waals surface area contributed by atoms with Gasteiger partial charge in [-0.15, -0.1) is 0 Å². The molecule has 0 aliphatic carbocycles. The summed E-state index contributed by atoms with van der Waals surface area (Å²) in [5, 5.41) is 0. The van der Waals surface area contributed by atoms with Gasteiger partial charge >= 0.3 is 0 Å². The van der Waals surface area contributed by atoms with Crippen LogP contribution in [0.5, 0.6) is 0 Å². The number of carbonyl (C=O) groups excluding carboxylic acids is 2. The van der Waals surface area contributed by atoms with E-state index in [1.807, 2.05) is 39.5 Å². The molecule has 4 rings (SSSR count). The topological polar surface area (TPSA) is 121 Å². The summed E-state index contributed by atoms with van der Waals surface area (Å²) in [6.45, 7) is 14.4. The number of hydrogen-bond acceptors (Lipinski definition) is 7. The second-order valence-corrected chi connectivity index (χ2v) is 11.2. The molecule has 232 valence electrons. The van der Waals surface area contributed by atoms with Crippen LogP contribution in [0, 0.1) is 11.6 Å². The van der Waals surface area contributed by atoms with E-state index in [1.165, 1.54) is 41.6 Å². The molecule has 2 aromatic heterocycles. The van der Waals surface area contributed by atoms with Crippen molar-refractivity contribution in [2.75, 3.05) is 37.3 Å². The van der Waals surface area contributed by atoms with E-state index >= 15 is 8.78 Å². The van der Waals surface area contributed by atoms with E-state index < -0.39 is 11.6 Å². The van der Waals surface area contributed by atoms with Gasteiger partial charge in [-0.25, -0.2) is 23.7 Å². The second-order valence-electron chi connectivity index (χ2n) is 11.2. The largest absolute Gasteiger partial charge is 0.398 e. The van der Waals surface area contributed by atoms with Crippen molar-refractivity contribution >= 4 is 35.3 Å². The third-order valence-corrected chi connectivity index (χ3v) is 7.62. The van der Waals surface area contributed by atoms with Crippen LogP contribution >= 0.6 is 0 Å². The first kappa shape index (κ1) is 32.2. The van der Waals surface area contributed by atoms with Gasteiger partial charge in [0.15, 0.2) is 11.6 Å². The predicted octanol–water partition coefficient (Wildman–Crippen LogP) is 5.04. The summed E-state index contributed by atoms with van der Waals surface area (Å²) < 4.78 is 31.2. The Morgan fingerprint density at radius 1 is 1.14 bits per heavy atom. The van der Waals surface area contributed by atoms with Crippen LogP contribution < -0.4 is 10.6 Å². The Labute approximate surface area is 256 Å². The highest BCUT2D eigenvalue weighted by atomic mass is 19.1. The highest BCUT2D eigenvalue weighted by Gasteiger charge is 2.34. The first-order valence-corrected chi connectivity index (χ1v) is 14.4. The maximum Gasteiger partial charge on any atom is 0.246 e. The lowest BCUT2D eigenvalue weighted by Gasteiger charge is -2.41. The number of nitrogen functional groups attached to an aromatic ring is 1. The lowest BCUT2D eigenvalue weighted by atomic mass is 10.00. The summed E-state index contributed by atoms with van der Waals surface area (Å²) in [7, 11) is 1.56. The smallest absolute Gasteiger partial charge is 0.246 e. The van der Waals surface area contributed by atoms with E-state index in [9.17, 15) is 9.59 Å². The number of anilines is 3. The summed E-state index contributed by atoms with van der Waals surface area (Å²) in [5.41, 5.74) is 7.29. The zero-order chi connectivity index (χ0) is 32.3. The van der Waals surface area contributed by atoms with Crippen molar-refractivity contribution in [3.05, 3.63) is 71.8 Å². The average molecular weight is 605 g/mol. The number of benzene rings is 1. The minimum Gasteiger partial charge on any atom is -0.398 e. The zero-order valence-corrected chi connectivity index (χ0v) is 25.9. The molecular formula is C32H38F2N8O2. The maximum absolute atomic E-state index is 16.1. The fourth-order valence-corrected chi connectivity index (χ4v) is 5.51. The maximum atomic E-state index is 16.1. The summed E-state index contributed by atoms with van der Waals surface area (Å²) in [4.78, 5) is 48.4. The lowest BCUT2D eigenvalue weighted by Crippen LogP contribution is -2.55. The molecule has 0 spiro atoms. The molecule has 0 radical (unpaired) electrons. The lowest BCUT2D eigenvalue weighted by molar-refractivity contribution is -0.128. The molecule has 2 N–H and O–H groups in total. The minimum absolute atomic E-state index is 0.00931. The van der Waals surface area contributed by atoms with Crippen LogP contribution in [0.3, 0.4) is 0 Å². The summed E-state index contributed by atoms with van der Waals surface area (Å²) in [5.74, 6) is -1.68. The molecule has 1 fully saturated rings. The van der Waals surface area contributed by atoms with E-state index in [4.69, 9.17) is 5.73 Å². The van der Waals surface area contributed by atoms with Gasteiger partial charge in [0.05, 0.1) is 28.2 Å². The highest BCUT2D eigenvalue weighted by Crippen LogP contribution is 2.39. The van der Waals surface area contributed by atoms with Crippen molar-refractivity contribution in [3.63, 3.8) is 0 Å². The molecule has 1 atom stereocenters. The molecule has 44 heavy (non-hydrogen) atoms. The van der Waals surface area contributed by atoms with E-state index in [-0.39, 0.29) is 52.1 Å². The number of nitrogens with two attached hydrogens (primary N) is 1. The Morgan fingerprint density at radius 3 is 2.32 bits per heavy atom. The fourth-order valence-electron chi connectivity index (χ4n) is 5.51. The van der Waals surface area contributed by atoms with Crippen LogP contribution in [0.15, 0.2) is 48.2 Å². The molecular weight excluding hydrogens is 566 g/mol. The van der Waals surface area contributed by atoms with Gasteiger partial charge in [0.2, 0.25) is 12.3 Å². The number of rotatable bonds is 8. The number of halogens is 2. The Balaban J connectivity index is 2.02. The second kappa shape index (κ2) is 13.3. The number of pyridine rings is 1. The molecule has 1 aromatic carbocycles. The minimum atomic E-state index is -0.849. The zero-order valence-electron chi connectivity index (χ0n) is 25.9. The predicted molar refractivity (Wildman–Crippen MR) is 168 cm³/mol. The Kier molecular flexibility index (Phi) is 9.71.